The van der Waals surface area contributed by atoms with Crippen LogP contribution in [0.5, 0.6) is 0 Å². The van der Waals surface area contributed by atoms with Crippen molar-refractivity contribution in [3.8, 4) is 6.07 Å². The molecule has 1 N–H and O–H groups in total. The Kier molecular flexibility index (Phi) is 4.50. The summed E-state index contributed by atoms with van der Waals surface area (Å²) in [7, 11) is 1.77. The third kappa shape index (κ3) is 3.03. The van der Waals surface area contributed by atoms with Crippen molar-refractivity contribution in [3.05, 3.63) is 61.2 Å². The lowest BCUT2D eigenvalue weighted by molar-refractivity contribution is 0.102. The highest BCUT2D eigenvalue weighted by molar-refractivity contribution is 7.16. The van der Waals surface area contributed by atoms with Gasteiger partial charge in [0.25, 0.3) is 5.91 Å². The molecule has 1 amide bonds. The summed E-state index contributed by atoms with van der Waals surface area (Å²) in [5.41, 5.74) is 1.93. The first kappa shape index (κ1) is 17.8. The number of benzene rings is 1. The zero-order valence-electron chi connectivity index (χ0n) is 14.6. The number of pyridine rings is 1. The summed E-state index contributed by atoms with van der Waals surface area (Å²) in [6.45, 7) is 0. The average Bonchev–Trinajstić information content (AvgIpc) is 3.01. The summed E-state index contributed by atoms with van der Waals surface area (Å²) in [6, 6.07) is 7.25. The number of hydrogen-bond donors (Lipinski definition) is 1. The number of thiophene rings is 1. The van der Waals surface area contributed by atoms with Crippen molar-refractivity contribution in [3.63, 3.8) is 0 Å². The number of nitriles is 1. The van der Waals surface area contributed by atoms with Gasteiger partial charge in [-0.25, -0.2) is 0 Å². The molecule has 0 aliphatic heterocycles. The van der Waals surface area contributed by atoms with Crippen LogP contribution >= 0.6 is 22.9 Å². The van der Waals surface area contributed by atoms with Crippen LogP contribution in [0.3, 0.4) is 0 Å². The van der Waals surface area contributed by atoms with E-state index in [9.17, 15) is 14.9 Å². The number of hydrogen-bond acceptors (Lipinski definition) is 4. The zero-order chi connectivity index (χ0) is 19.1. The lowest BCUT2D eigenvalue weighted by Crippen LogP contribution is -2.23. The normalized spacial score (nSPS) is 13.2. The summed E-state index contributed by atoms with van der Waals surface area (Å²) in [6.07, 6.45) is 5.46. The Morgan fingerprint density at radius 3 is 2.89 bits per heavy atom. The summed E-state index contributed by atoms with van der Waals surface area (Å²) in [4.78, 5) is 26.8. The Hall–Kier alpha value is -2.62. The van der Waals surface area contributed by atoms with Crippen molar-refractivity contribution in [2.75, 3.05) is 5.32 Å². The standard InChI is InChI=1S/C20H16ClN3O2S/c1-24-10-15(18(25)13-8-11(21)6-7-16(13)24)19(26)23-20-14(9-22)12-4-2-3-5-17(12)27-20/h6-8,10H,2-5H2,1H3,(H,23,26). The van der Waals surface area contributed by atoms with Crippen molar-refractivity contribution in [2.45, 2.75) is 25.7 Å². The lowest BCUT2D eigenvalue weighted by atomic mass is 9.96. The Balaban J connectivity index is 1.77. The third-order valence-electron chi connectivity index (χ3n) is 4.91. The molecule has 0 atom stereocenters. The highest BCUT2D eigenvalue weighted by Crippen LogP contribution is 2.37. The van der Waals surface area contributed by atoms with Gasteiger partial charge < -0.3 is 9.88 Å². The van der Waals surface area contributed by atoms with Gasteiger partial charge in [0, 0.05) is 28.5 Å². The van der Waals surface area contributed by atoms with Gasteiger partial charge in [0.1, 0.15) is 16.6 Å². The molecule has 7 heteroatoms. The predicted octanol–water partition coefficient (Wildman–Crippen LogP) is 4.26. The van der Waals surface area contributed by atoms with Gasteiger partial charge in [-0.3, -0.25) is 9.59 Å². The number of amides is 1. The summed E-state index contributed by atoms with van der Waals surface area (Å²) in [5.74, 6) is -0.507. The smallest absolute Gasteiger partial charge is 0.261 e. The number of anilines is 1. The van der Waals surface area contributed by atoms with Crippen LogP contribution in [0.2, 0.25) is 5.02 Å². The summed E-state index contributed by atoms with van der Waals surface area (Å²) >= 11 is 7.46. The minimum absolute atomic E-state index is 0.0301. The maximum Gasteiger partial charge on any atom is 0.261 e. The molecular weight excluding hydrogens is 382 g/mol. The molecule has 0 saturated heterocycles. The lowest BCUT2D eigenvalue weighted by Gasteiger charge is -2.10. The summed E-state index contributed by atoms with van der Waals surface area (Å²) < 4.78 is 1.73. The van der Waals surface area contributed by atoms with E-state index >= 15 is 0 Å². The van der Waals surface area contributed by atoms with Crippen LogP contribution in [-0.2, 0) is 19.9 Å². The highest BCUT2D eigenvalue weighted by atomic mass is 35.5. The van der Waals surface area contributed by atoms with Gasteiger partial charge in [-0.05, 0) is 49.4 Å². The number of rotatable bonds is 2. The second-order valence-electron chi connectivity index (χ2n) is 6.63. The fourth-order valence-corrected chi connectivity index (χ4v) is 4.98. The van der Waals surface area contributed by atoms with E-state index in [0.717, 1.165) is 36.1 Å². The maximum absolute atomic E-state index is 12.8. The maximum atomic E-state index is 12.8. The third-order valence-corrected chi connectivity index (χ3v) is 6.35. The van der Waals surface area contributed by atoms with Gasteiger partial charge >= 0.3 is 0 Å². The van der Waals surface area contributed by atoms with Crippen molar-refractivity contribution in [2.24, 2.45) is 7.05 Å². The van der Waals surface area contributed by atoms with Crippen LogP contribution < -0.4 is 10.7 Å². The molecule has 2 heterocycles. The Bertz CT molecular complexity index is 1190. The molecule has 1 aliphatic rings. The molecule has 3 aromatic rings. The van der Waals surface area contributed by atoms with E-state index in [4.69, 9.17) is 11.6 Å². The molecule has 1 aromatic carbocycles. The highest BCUT2D eigenvalue weighted by Gasteiger charge is 2.23. The first-order chi connectivity index (χ1) is 13.0. The molecule has 0 bridgehead atoms. The van der Waals surface area contributed by atoms with Gasteiger partial charge in [0.05, 0.1) is 11.1 Å². The molecule has 0 unspecified atom stereocenters. The fourth-order valence-electron chi connectivity index (χ4n) is 3.57. The Labute approximate surface area is 164 Å². The molecule has 136 valence electrons. The molecule has 0 radical (unpaired) electrons. The minimum atomic E-state index is -0.507. The van der Waals surface area contributed by atoms with E-state index in [1.807, 2.05) is 0 Å². The monoisotopic (exact) mass is 397 g/mol. The number of aryl methyl sites for hydroxylation is 2. The van der Waals surface area contributed by atoms with Crippen LogP contribution in [0.25, 0.3) is 10.9 Å². The topological polar surface area (TPSA) is 74.9 Å². The van der Waals surface area contributed by atoms with Gasteiger partial charge in [0.15, 0.2) is 0 Å². The van der Waals surface area contributed by atoms with Crippen molar-refractivity contribution in [1.29, 1.82) is 5.26 Å². The van der Waals surface area contributed by atoms with Crippen LogP contribution in [0.15, 0.2) is 29.2 Å². The number of fused-ring (bicyclic) bond motifs is 2. The van der Waals surface area contributed by atoms with Gasteiger partial charge in [-0.2, -0.15) is 5.26 Å². The molecule has 1 aliphatic carbocycles. The van der Waals surface area contributed by atoms with Crippen LogP contribution in [-0.4, -0.2) is 10.5 Å². The molecule has 5 nitrogen and oxygen atoms in total. The van der Waals surface area contributed by atoms with Crippen molar-refractivity contribution < 1.29 is 4.79 Å². The van der Waals surface area contributed by atoms with Crippen LogP contribution in [0, 0.1) is 11.3 Å². The van der Waals surface area contributed by atoms with E-state index in [1.165, 1.54) is 17.5 Å². The SMILES string of the molecule is Cn1cc(C(=O)Nc2sc3c(c2C#N)CCCC3)c(=O)c2cc(Cl)ccc21. The zero-order valence-corrected chi connectivity index (χ0v) is 16.2. The Morgan fingerprint density at radius 1 is 1.33 bits per heavy atom. The van der Waals surface area contributed by atoms with Gasteiger partial charge in [-0.1, -0.05) is 11.6 Å². The van der Waals surface area contributed by atoms with Crippen molar-refractivity contribution >= 4 is 44.7 Å². The predicted molar refractivity (Wildman–Crippen MR) is 108 cm³/mol. The van der Waals surface area contributed by atoms with E-state index in [0.29, 0.717) is 26.5 Å². The largest absolute Gasteiger partial charge is 0.350 e. The number of aromatic nitrogens is 1. The Morgan fingerprint density at radius 2 is 2.11 bits per heavy atom. The molecule has 4 rings (SSSR count). The van der Waals surface area contributed by atoms with Gasteiger partial charge in [0.2, 0.25) is 5.43 Å². The number of carbonyl (C=O) groups is 1. The molecular formula is C20H16ClN3O2S. The van der Waals surface area contributed by atoms with Crippen LogP contribution in [0.1, 0.15) is 39.2 Å². The quantitative estimate of drug-likeness (QED) is 0.702. The first-order valence-electron chi connectivity index (χ1n) is 8.64. The number of nitrogens with one attached hydrogen (secondary N) is 1. The molecule has 0 saturated carbocycles. The van der Waals surface area contributed by atoms with Crippen LogP contribution in [0.4, 0.5) is 5.00 Å². The minimum Gasteiger partial charge on any atom is -0.350 e. The van der Waals surface area contributed by atoms with E-state index < -0.39 is 5.91 Å². The number of carbonyl (C=O) groups excluding carboxylic acids is 1. The van der Waals surface area contributed by atoms with Crippen molar-refractivity contribution in [1.82, 2.24) is 4.57 Å². The summed E-state index contributed by atoms with van der Waals surface area (Å²) in [5, 5.41) is 13.7. The number of nitrogens with zero attached hydrogens (tertiary/aromatic N) is 2. The van der Waals surface area contributed by atoms with E-state index in [-0.39, 0.29) is 11.0 Å². The fraction of sp³-hybridized carbons (Fsp3) is 0.250. The molecule has 0 spiro atoms. The molecule has 0 fully saturated rings. The number of halogens is 1. The second-order valence-corrected chi connectivity index (χ2v) is 8.17. The van der Waals surface area contributed by atoms with E-state index in [2.05, 4.69) is 11.4 Å². The molecule has 27 heavy (non-hydrogen) atoms. The van der Waals surface area contributed by atoms with E-state index in [1.54, 1.807) is 29.8 Å². The second kappa shape index (κ2) is 6.84. The first-order valence-corrected chi connectivity index (χ1v) is 9.84. The van der Waals surface area contributed by atoms with Gasteiger partial charge in [-0.15, -0.1) is 11.3 Å². The average molecular weight is 398 g/mol. The molecule has 2 aromatic heterocycles.